The summed E-state index contributed by atoms with van der Waals surface area (Å²) in [4.78, 5) is 28.4. The quantitative estimate of drug-likeness (QED) is 0.262. The number of fused-ring (bicyclic) bond motifs is 1. The van der Waals surface area contributed by atoms with Gasteiger partial charge in [0.15, 0.2) is 0 Å². The number of nitrogens with one attached hydrogen (secondary N) is 2. The van der Waals surface area contributed by atoms with E-state index in [1.807, 2.05) is 30.3 Å². The van der Waals surface area contributed by atoms with Crippen LogP contribution < -0.4 is 20.1 Å². The number of aromatic nitrogens is 1. The van der Waals surface area contributed by atoms with Crippen LogP contribution in [-0.4, -0.2) is 28.1 Å². The summed E-state index contributed by atoms with van der Waals surface area (Å²) >= 11 is 6.35. The summed E-state index contributed by atoms with van der Waals surface area (Å²) in [6.07, 6.45) is 3.54. The van der Waals surface area contributed by atoms with Crippen LogP contribution in [0.15, 0.2) is 72.9 Å². The number of nitrogens with zero attached hydrogens (tertiary/aromatic N) is 1. The standard InChI is InChI=1S/C27H22ClN3O5/c28-21-12-18(8-9-22(21)31-27(34)30-17-6-7-17)36-24-10-11-29-23-14-25(20(26(32)33)13-19(23)24)35-15-16-4-2-1-3-5-16/h1-5,8-14,17H,6-7,15H2,(H,32,33)(H2,30,31,34). The number of hydrogen-bond donors (Lipinski definition) is 3. The van der Waals surface area contributed by atoms with Crippen molar-refractivity contribution in [1.29, 1.82) is 0 Å². The highest BCUT2D eigenvalue weighted by molar-refractivity contribution is 6.33. The maximum Gasteiger partial charge on any atom is 0.339 e. The third-order valence-corrected chi connectivity index (χ3v) is 5.91. The van der Waals surface area contributed by atoms with Crippen LogP contribution in [0.3, 0.4) is 0 Å². The molecule has 1 fully saturated rings. The first-order valence-corrected chi connectivity index (χ1v) is 11.7. The number of anilines is 1. The van der Waals surface area contributed by atoms with E-state index in [0.29, 0.717) is 33.1 Å². The Morgan fingerprint density at radius 3 is 2.56 bits per heavy atom. The molecule has 0 atom stereocenters. The zero-order chi connectivity index (χ0) is 25.1. The number of benzene rings is 3. The molecule has 3 N–H and O–H groups in total. The van der Waals surface area contributed by atoms with Gasteiger partial charge in [-0.2, -0.15) is 0 Å². The average molecular weight is 504 g/mol. The lowest BCUT2D eigenvalue weighted by Gasteiger charge is -2.14. The first kappa shape index (κ1) is 23.4. The molecule has 1 saturated carbocycles. The number of hydrogen-bond acceptors (Lipinski definition) is 5. The van der Waals surface area contributed by atoms with E-state index in [0.717, 1.165) is 18.4 Å². The number of halogens is 1. The predicted octanol–water partition coefficient (Wildman–Crippen LogP) is 6.24. The number of ether oxygens (including phenoxy) is 2. The summed E-state index contributed by atoms with van der Waals surface area (Å²) in [7, 11) is 0. The number of carbonyl (C=O) groups is 2. The van der Waals surface area contributed by atoms with Gasteiger partial charge < -0.3 is 25.2 Å². The van der Waals surface area contributed by atoms with E-state index in [2.05, 4.69) is 15.6 Å². The van der Waals surface area contributed by atoms with Crippen LogP contribution in [0.4, 0.5) is 10.5 Å². The normalized spacial score (nSPS) is 12.7. The topological polar surface area (TPSA) is 110 Å². The smallest absolute Gasteiger partial charge is 0.339 e. The molecule has 1 aromatic heterocycles. The predicted molar refractivity (Wildman–Crippen MR) is 136 cm³/mol. The number of carbonyl (C=O) groups excluding carboxylic acids is 1. The number of rotatable bonds is 8. The SMILES string of the molecule is O=C(Nc1ccc(Oc2ccnc3cc(OCc4ccccc4)c(C(=O)O)cc23)cc1Cl)NC1CC1. The fourth-order valence-corrected chi connectivity index (χ4v) is 3.84. The molecule has 0 radical (unpaired) electrons. The molecule has 0 saturated heterocycles. The Bertz CT molecular complexity index is 1440. The van der Waals surface area contributed by atoms with Crippen LogP contribution in [0.25, 0.3) is 10.9 Å². The highest BCUT2D eigenvalue weighted by Gasteiger charge is 2.23. The minimum absolute atomic E-state index is 0.00413. The van der Waals surface area contributed by atoms with E-state index >= 15 is 0 Å². The van der Waals surface area contributed by atoms with Crippen LogP contribution in [0, 0.1) is 0 Å². The van der Waals surface area contributed by atoms with E-state index in [-0.39, 0.29) is 30.0 Å². The van der Waals surface area contributed by atoms with Crippen molar-refractivity contribution < 1.29 is 24.2 Å². The van der Waals surface area contributed by atoms with Crippen molar-refractivity contribution in [2.75, 3.05) is 5.32 Å². The lowest BCUT2D eigenvalue weighted by atomic mass is 10.1. The minimum Gasteiger partial charge on any atom is -0.488 e. The lowest BCUT2D eigenvalue weighted by molar-refractivity contribution is 0.0692. The van der Waals surface area contributed by atoms with Gasteiger partial charge in [0.25, 0.3) is 0 Å². The molecule has 4 aromatic rings. The first-order valence-electron chi connectivity index (χ1n) is 11.3. The third-order valence-electron chi connectivity index (χ3n) is 5.60. The van der Waals surface area contributed by atoms with Crippen LogP contribution in [0.5, 0.6) is 17.2 Å². The highest BCUT2D eigenvalue weighted by atomic mass is 35.5. The van der Waals surface area contributed by atoms with Gasteiger partial charge in [0.2, 0.25) is 0 Å². The molecule has 5 rings (SSSR count). The second-order valence-electron chi connectivity index (χ2n) is 8.37. The van der Waals surface area contributed by atoms with Crippen LogP contribution in [0.2, 0.25) is 5.02 Å². The number of carboxylic acids is 1. The van der Waals surface area contributed by atoms with Gasteiger partial charge >= 0.3 is 12.0 Å². The monoisotopic (exact) mass is 503 g/mol. The van der Waals surface area contributed by atoms with Gasteiger partial charge in [0, 0.05) is 29.8 Å². The van der Waals surface area contributed by atoms with Gasteiger partial charge in [0.05, 0.1) is 16.2 Å². The van der Waals surface area contributed by atoms with Crippen molar-refractivity contribution in [2.24, 2.45) is 0 Å². The summed E-state index contributed by atoms with van der Waals surface area (Å²) in [5, 5.41) is 16.2. The Morgan fingerprint density at radius 2 is 1.83 bits per heavy atom. The molecule has 8 nitrogen and oxygen atoms in total. The Labute approximate surface area is 211 Å². The second-order valence-corrected chi connectivity index (χ2v) is 8.78. The summed E-state index contributed by atoms with van der Waals surface area (Å²) in [6.45, 7) is 0.223. The Morgan fingerprint density at radius 1 is 1.03 bits per heavy atom. The van der Waals surface area contributed by atoms with Crippen LogP contribution in [-0.2, 0) is 6.61 Å². The van der Waals surface area contributed by atoms with E-state index in [1.165, 1.54) is 6.07 Å². The summed E-state index contributed by atoms with van der Waals surface area (Å²) < 4.78 is 11.8. The molecule has 1 heterocycles. The zero-order valence-corrected chi connectivity index (χ0v) is 19.8. The van der Waals surface area contributed by atoms with Crippen LogP contribution >= 0.6 is 11.6 Å². The molecule has 3 aromatic carbocycles. The first-order chi connectivity index (χ1) is 17.5. The maximum absolute atomic E-state index is 12.0. The Hall–Kier alpha value is -4.30. The molecule has 36 heavy (non-hydrogen) atoms. The van der Waals surface area contributed by atoms with Gasteiger partial charge in [-0.15, -0.1) is 0 Å². The van der Waals surface area contributed by atoms with Crippen molar-refractivity contribution in [3.05, 3.63) is 89.1 Å². The average Bonchev–Trinajstić information content (AvgIpc) is 3.68. The fraction of sp³-hybridized carbons (Fsp3) is 0.148. The van der Waals surface area contributed by atoms with Gasteiger partial charge in [-0.3, -0.25) is 4.98 Å². The zero-order valence-electron chi connectivity index (χ0n) is 19.0. The van der Waals surface area contributed by atoms with Gasteiger partial charge in [0.1, 0.15) is 29.4 Å². The molecule has 0 bridgehead atoms. The molecular formula is C27H22ClN3O5. The molecule has 0 aliphatic heterocycles. The third kappa shape index (κ3) is 5.50. The van der Waals surface area contributed by atoms with Crippen molar-refractivity contribution in [1.82, 2.24) is 10.3 Å². The van der Waals surface area contributed by atoms with Gasteiger partial charge in [-0.25, -0.2) is 9.59 Å². The van der Waals surface area contributed by atoms with E-state index in [4.69, 9.17) is 21.1 Å². The number of amides is 2. The molecule has 2 amide bonds. The lowest BCUT2D eigenvalue weighted by Crippen LogP contribution is -2.30. The molecule has 9 heteroatoms. The summed E-state index contributed by atoms with van der Waals surface area (Å²) in [6, 6.07) is 19.0. The Balaban J connectivity index is 1.38. The van der Waals surface area contributed by atoms with Crippen molar-refractivity contribution in [3.8, 4) is 17.2 Å². The van der Waals surface area contributed by atoms with Gasteiger partial charge in [-0.1, -0.05) is 41.9 Å². The van der Waals surface area contributed by atoms with Crippen molar-refractivity contribution in [3.63, 3.8) is 0 Å². The maximum atomic E-state index is 12.0. The Kier molecular flexibility index (Phi) is 6.60. The largest absolute Gasteiger partial charge is 0.488 e. The number of aromatic carboxylic acids is 1. The van der Waals surface area contributed by atoms with Crippen molar-refractivity contribution in [2.45, 2.75) is 25.5 Å². The number of urea groups is 1. The molecular weight excluding hydrogens is 482 g/mol. The van der Waals surface area contributed by atoms with E-state index < -0.39 is 5.97 Å². The fourth-order valence-electron chi connectivity index (χ4n) is 3.62. The summed E-state index contributed by atoms with van der Waals surface area (Å²) in [5.41, 5.74) is 1.88. The molecule has 0 spiro atoms. The highest BCUT2D eigenvalue weighted by Crippen LogP contribution is 2.35. The molecule has 182 valence electrons. The number of pyridine rings is 1. The number of carboxylic acid groups (broad SMARTS) is 1. The van der Waals surface area contributed by atoms with E-state index in [1.54, 1.807) is 36.5 Å². The molecule has 1 aliphatic carbocycles. The minimum atomic E-state index is -1.13. The molecule has 0 unspecified atom stereocenters. The second kappa shape index (κ2) is 10.1. The van der Waals surface area contributed by atoms with Gasteiger partial charge in [-0.05, 0) is 42.7 Å². The van der Waals surface area contributed by atoms with Crippen molar-refractivity contribution >= 4 is 40.2 Å². The summed E-state index contributed by atoms with van der Waals surface area (Å²) in [5.74, 6) is -0.0912. The van der Waals surface area contributed by atoms with Crippen LogP contribution in [0.1, 0.15) is 28.8 Å². The molecule has 1 aliphatic rings. The van der Waals surface area contributed by atoms with E-state index in [9.17, 15) is 14.7 Å².